The molecule has 0 saturated carbocycles. The van der Waals surface area contributed by atoms with Gasteiger partial charge < -0.3 is 9.47 Å². The van der Waals surface area contributed by atoms with Gasteiger partial charge >= 0.3 is 0 Å². The molecule has 0 unspecified atom stereocenters. The molecule has 7 heteroatoms. The van der Waals surface area contributed by atoms with E-state index in [0.29, 0.717) is 10.6 Å². The van der Waals surface area contributed by atoms with Crippen LogP contribution in [0.3, 0.4) is 0 Å². The summed E-state index contributed by atoms with van der Waals surface area (Å²) in [7, 11) is 2.89. The number of halogens is 1. The van der Waals surface area contributed by atoms with Gasteiger partial charge in [0.05, 0.1) is 24.7 Å². The molecule has 1 heterocycles. The molecule has 3 rings (SSSR count). The Morgan fingerprint density at radius 1 is 1.00 bits per heavy atom. The molecule has 0 saturated heterocycles. The Bertz CT molecular complexity index is 967. The molecule has 1 N–H and O–H groups in total. The Morgan fingerprint density at radius 2 is 1.80 bits per heavy atom. The van der Waals surface area contributed by atoms with Crippen LogP contribution in [0, 0.1) is 5.82 Å². The number of methoxy groups -OCH3 is 2. The lowest BCUT2D eigenvalue weighted by atomic mass is 10.2. The van der Waals surface area contributed by atoms with E-state index in [1.54, 1.807) is 19.2 Å². The van der Waals surface area contributed by atoms with Crippen LogP contribution in [0.15, 0.2) is 42.5 Å². The van der Waals surface area contributed by atoms with Crippen LogP contribution >= 0.6 is 11.3 Å². The number of hydrogen-bond donors (Lipinski definition) is 1. The molecular weight excluding hydrogens is 345 g/mol. The van der Waals surface area contributed by atoms with Gasteiger partial charge in [-0.2, -0.15) is 0 Å². The molecule has 0 bridgehead atoms. The van der Waals surface area contributed by atoms with Crippen molar-refractivity contribution in [3.8, 4) is 11.5 Å². The molecule has 2 amide bonds. The van der Waals surface area contributed by atoms with E-state index in [9.17, 15) is 14.0 Å². The summed E-state index contributed by atoms with van der Waals surface area (Å²) in [4.78, 5) is 25.0. The van der Waals surface area contributed by atoms with Crippen LogP contribution in [0.2, 0.25) is 0 Å². The van der Waals surface area contributed by atoms with Gasteiger partial charge in [0.2, 0.25) is 0 Å². The molecule has 0 aliphatic rings. The number of rotatable bonds is 4. The van der Waals surface area contributed by atoms with Crippen LogP contribution in [0.4, 0.5) is 4.39 Å². The summed E-state index contributed by atoms with van der Waals surface area (Å²) in [5.41, 5.74) is 0.0834. The zero-order valence-electron chi connectivity index (χ0n) is 13.5. The van der Waals surface area contributed by atoms with E-state index in [0.717, 1.165) is 22.2 Å². The number of carbonyl (C=O) groups excluding carboxylic acids is 2. The van der Waals surface area contributed by atoms with Crippen molar-refractivity contribution >= 4 is 33.2 Å². The van der Waals surface area contributed by atoms with Crippen molar-refractivity contribution in [2.45, 2.75) is 0 Å². The topological polar surface area (TPSA) is 64.6 Å². The van der Waals surface area contributed by atoms with Gasteiger partial charge in [0.25, 0.3) is 11.8 Å². The van der Waals surface area contributed by atoms with Crippen molar-refractivity contribution in [1.82, 2.24) is 5.32 Å². The Morgan fingerprint density at radius 3 is 2.52 bits per heavy atom. The maximum absolute atomic E-state index is 13.2. The van der Waals surface area contributed by atoms with Crippen molar-refractivity contribution < 1.29 is 23.5 Å². The quantitative estimate of drug-likeness (QED) is 0.723. The molecule has 0 aliphatic carbocycles. The number of benzene rings is 2. The van der Waals surface area contributed by atoms with Crippen molar-refractivity contribution in [1.29, 1.82) is 0 Å². The molecule has 0 spiro atoms. The molecule has 0 fully saturated rings. The Balaban J connectivity index is 1.83. The lowest BCUT2D eigenvalue weighted by Crippen LogP contribution is -2.30. The highest BCUT2D eigenvalue weighted by atomic mass is 32.1. The summed E-state index contributed by atoms with van der Waals surface area (Å²) in [6.07, 6.45) is 0. The fourth-order valence-corrected chi connectivity index (χ4v) is 3.28. The summed E-state index contributed by atoms with van der Waals surface area (Å²) in [6, 6.07) is 10.6. The number of fused-ring (bicyclic) bond motifs is 1. The largest absolute Gasteiger partial charge is 0.497 e. The highest BCUT2D eigenvalue weighted by Gasteiger charge is 2.18. The molecule has 2 aromatic carbocycles. The number of amides is 2. The van der Waals surface area contributed by atoms with E-state index in [2.05, 4.69) is 5.32 Å². The SMILES string of the molecule is COc1ccc2sc(C(=O)NC(=O)c3ccc(F)cc3OC)cc2c1. The van der Waals surface area contributed by atoms with Gasteiger partial charge in [-0.25, -0.2) is 4.39 Å². The smallest absolute Gasteiger partial charge is 0.268 e. The first-order valence-electron chi connectivity index (χ1n) is 7.28. The molecule has 25 heavy (non-hydrogen) atoms. The number of hydrogen-bond acceptors (Lipinski definition) is 5. The lowest BCUT2D eigenvalue weighted by Gasteiger charge is -2.08. The molecule has 0 atom stereocenters. The van der Waals surface area contributed by atoms with Gasteiger partial charge in [0.15, 0.2) is 0 Å². The molecule has 128 valence electrons. The first-order chi connectivity index (χ1) is 12.0. The first kappa shape index (κ1) is 16.9. The third kappa shape index (κ3) is 3.46. The zero-order chi connectivity index (χ0) is 18.0. The summed E-state index contributed by atoms with van der Waals surface area (Å²) >= 11 is 1.26. The normalized spacial score (nSPS) is 10.5. The second-order valence-corrected chi connectivity index (χ2v) is 6.23. The van der Waals surface area contributed by atoms with E-state index in [1.165, 1.54) is 24.5 Å². The van der Waals surface area contributed by atoms with Crippen LogP contribution < -0.4 is 14.8 Å². The number of nitrogens with one attached hydrogen (secondary N) is 1. The summed E-state index contributed by atoms with van der Waals surface area (Å²) in [6.45, 7) is 0. The van der Waals surface area contributed by atoms with Crippen molar-refractivity contribution in [2.24, 2.45) is 0 Å². The lowest BCUT2D eigenvalue weighted by molar-refractivity contribution is 0.0850. The van der Waals surface area contributed by atoms with Gasteiger partial charge in [0, 0.05) is 10.8 Å². The zero-order valence-corrected chi connectivity index (χ0v) is 14.3. The van der Waals surface area contributed by atoms with Gasteiger partial charge in [-0.3, -0.25) is 14.9 Å². The maximum atomic E-state index is 13.2. The fraction of sp³-hybridized carbons (Fsp3) is 0.111. The Labute approximate surface area is 147 Å². The Kier molecular flexibility index (Phi) is 4.67. The van der Waals surface area contributed by atoms with Crippen LogP contribution in [0.5, 0.6) is 11.5 Å². The Hall–Kier alpha value is -2.93. The third-order valence-corrected chi connectivity index (χ3v) is 4.70. The predicted molar refractivity (Wildman–Crippen MR) is 93.1 cm³/mol. The number of carbonyl (C=O) groups is 2. The number of ether oxygens (including phenoxy) is 2. The minimum absolute atomic E-state index is 0.0615. The molecule has 3 aromatic rings. The van der Waals surface area contributed by atoms with Gasteiger partial charge in [-0.1, -0.05) is 0 Å². The molecule has 5 nitrogen and oxygen atoms in total. The standard InChI is InChI=1S/C18H14FNO4S/c1-23-12-4-6-15-10(7-12)8-16(25-15)18(22)20-17(21)13-5-3-11(19)9-14(13)24-2/h3-9H,1-2H3,(H,20,21,22). The maximum Gasteiger partial charge on any atom is 0.268 e. The van der Waals surface area contributed by atoms with Crippen LogP contribution in [0.25, 0.3) is 10.1 Å². The van der Waals surface area contributed by atoms with Gasteiger partial charge in [-0.15, -0.1) is 11.3 Å². The van der Waals surface area contributed by atoms with Crippen molar-refractivity contribution in [2.75, 3.05) is 14.2 Å². The predicted octanol–water partition coefficient (Wildman–Crippen LogP) is 3.63. The highest BCUT2D eigenvalue weighted by Crippen LogP contribution is 2.29. The van der Waals surface area contributed by atoms with Crippen LogP contribution in [0.1, 0.15) is 20.0 Å². The monoisotopic (exact) mass is 359 g/mol. The highest BCUT2D eigenvalue weighted by molar-refractivity contribution is 7.20. The molecular formula is C18H14FNO4S. The molecule has 0 radical (unpaired) electrons. The summed E-state index contributed by atoms with van der Waals surface area (Å²) in [5, 5.41) is 3.14. The van der Waals surface area contributed by atoms with E-state index < -0.39 is 17.6 Å². The van der Waals surface area contributed by atoms with E-state index in [-0.39, 0.29) is 11.3 Å². The van der Waals surface area contributed by atoms with Crippen molar-refractivity contribution in [3.63, 3.8) is 0 Å². The third-order valence-electron chi connectivity index (χ3n) is 3.58. The average molecular weight is 359 g/mol. The molecule has 1 aromatic heterocycles. The second-order valence-electron chi connectivity index (χ2n) is 5.14. The van der Waals surface area contributed by atoms with Crippen LogP contribution in [-0.2, 0) is 0 Å². The minimum Gasteiger partial charge on any atom is -0.497 e. The second kappa shape index (κ2) is 6.90. The summed E-state index contributed by atoms with van der Waals surface area (Å²) in [5.74, 6) is -0.970. The van der Waals surface area contributed by atoms with Crippen LogP contribution in [-0.4, -0.2) is 26.0 Å². The van der Waals surface area contributed by atoms with E-state index in [4.69, 9.17) is 9.47 Å². The average Bonchev–Trinajstić information content (AvgIpc) is 3.04. The minimum atomic E-state index is -0.656. The number of imide groups is 1. The van der Waals surface area contributed by atoms with Gasteiger partial charge in [-0.05, 0) is 41.8 Å². The molecule has 0 aliphatic heterocycles. The fourth-order valence-electron chi connectivity index (χ4n) is 2.35. The summed E-state index contributed by atoms with van der Waals surface area (Å²) < 4.78 is 24.3. The van der Waals surface area contributed by atoms with Crippen molar-refractivity contribution in [3.05, 3.63) is 58.7 Å². The van der Waals surface area contributed by atoms with Gasteiger partial charge in [0.1, 0.15) is 17.3 Å². The first-order valence-corrected chi connectivity index (χ1v) is 8.10. The van der Waals surface area contributed by atoms with E-state index in [1.807, 2.05) is 12.1 Å². The number of thiophene rings is 1. The van der Waals surface area contributed by atoms with E-state index >= 15 is 0 Å².